The third-order valence-electron chi connectivity index (χ3n) is 4.69. The third kappa shape index (κ3) is 6.67. The average Bonchev–Trinajstić information content (AvgIpc) is 2.52. The second kappa shape index (κ2) is 8.42. The maximum atomic E-state index is 12.1. The minimum absolute atomic E-state index is 0.169. The molecule has 0 aromatic heterocycles. The largest absolute Gasteiger partial charge is 0.573 e. The standard InChI is InChI=1S/C19H25F3O/c1-2-15-7-9-16(10-8-15)5-3-4-6-17-11-13-18(14-12-17)23-19(20,21)22/h3-4,11-16H,2,5-10H2,1H3/b4-3-. The van der Waals surface area contributed by atoms with Crippen LogP contribution in [0.1, 0.15) is 51.0 Å². The molecular formula is C19H25F3O. The van der Waals surface area contributed by atoms with E-state index in [0.29, 0.717) is 0 Å². The lowest BCUT2D eigenvalue weighted by Crippen LogP contribution is -2.16. The van der Waals surface area contributed by atoms with Gasteiger partial charge in [0.05, 0.1) is 0 Å². The first-order valence-corrected chi connectivity index (χ1v) is 8.46. The van der Waals surface area contributed by atoms with E-state index in [2.05, 4.69) is 23.8 Å². The molecule has 2 rings (SSSR count). The SMILES string of the molecule is CCC1CCC(C/C=C\Cc2ccc(OC(F)(F)F)cc2)CC1. The fraction of sp³-hybridized carbons (Fsp3) is 0.579. The van der Waals surface area contributed by atoms with Gasteiger partial charge in [0.2, 0.25) is 0 Å². The molecule has 0 bridgehead atoms. The molecule has 0 spiro atoms. The highest BCUT2D eigenvalue weighted by Gasteiger charge is 2.30. The molecule has 23 heavy (non-hydrogen) atoms. The minimum Gasteiger partial charge on any atom is -0.406 e. The van der Waals surface area contributed by atoms with Crippen molar-refractivity contribution in [2.24, 2.45) is 11.8 Å². The number of benzene rings is 1. The summed E-state index contributed by atoms with van der Waals surface area (Å²) in [5.41, 5.74) is 0.991. The number of allylic oxidation sites excluding steroid dienone is 2. The average molecular weight is 326 g/mol. The number of ether oxygens (including phenoxy) is 1. The van der Waals surface area contributed by atoms with Crippen LogP contribution in [0.3, 0.4) is 0 Å². The van der Waals surface area contributed by atoms with E-state index in [4.69, 9.17) is 0 Å². The monoisotopic (exact) mass is 326 g/mol. The quantitative estimate of drug-likeness (QED) is 0.558. The Morgan fingerprint density at radius 3 is 2.17 bits per heavy atom. The Morgan fingerprint density at radius 1 is 1.00 bits per heavy atom. The summed E-state index contributed by atoms with van der Waals surface area (Å²) in [6.45, 7) is 2.27. The highest BCUT2D eigenvalue weighted by Crippen LogP contribution is 2.32. The smallest absolute Gasteiger partial charge is 0.406 e. The molecule has 0 N–H and O–H groups in total. The van der Waals surface area contributed by atoms with Crippen LogP contribution in [0, 0.1) is 11.8 Å². The summed E-state index contributed by atoms with van der Waals surface area (Å²) in [4.78, 5) is 0. The molecule has 0 saturated heterocycles. The number of alkyl halides is 3. The normalized spacial score (nSPS) is 22.4. The molecule has 1 fully saturated rings. The van der Waals surface area contributed by atoms with E-state index in [0.717, 1.165) is 30.2 Å². The molecule has 1 aromatic carbocycles. The first kappa shape index (κ1) is 17.9. The van der Waals surface area contributed by atoms with Gasteiger partial charge in [-0.15, -0.1) is 13.2 Å². The fourth-order valence-corrected chi connectivity index (χ4v) is 3.21. The van der Waals surface area contributed by atoms with Crippen molar-refractivity contribution in [2.45, 2.75) is 58.2 Å². The van der Waals surface area contributed by atoms with Crippen LogP contribution in [-0.4, -0.2) is 6.36 Å². The Morgan fingerprint density at radius 2 is 1.61 bits per heavy atom. The summed E-state index contributed by atoms with van der Waals surface area (Å²) in [6, 6.07) is 6.08. The Hall–Kier alpha value is -1.45. The van der Waals surface area contributed by atoms with E-state index in [1.54, 1.807) is 12.1 Å². The van der Waals surface area contributed by atoms with Gasteiger partial charge in [0, 0.05) is 0 Å². The zero-order chi connectivity index (χ0) is 16.7. The van der Waals surface area contributed by atoms with Crippen LogP contribution >= 0.6 is 0 Å². The zero-order valence-corrected chi connectivity index (χ0v) is 13.6. The molecule has 0 amide bonds. The molecule has 1 saturated carbocycles. The van der Waals surface area contributed by atoms with Gasteiger partial charge in [-0.05, 0) is 55.2 Å². The van der Waals surface area contributed by atoms with E-state index < -0.39 is 6.36 Å². The maximum absolute atomic E-state index is 12.1. The van der Waals surface area contributed by atoms with E-state index in [9.17, 15) is 13.2 Å². The van der Waals surface area contributed by atoms with Crippen molar-refractivity contribution in [1.82, 2.24) is 0 Å². The van der Waals surface area contributed by atoms with E-state index in [1.807, 2.05) is 0 Å². The second-order valence-corrected chi connectivity index (χ2v) is 6.40. The van der Waals surface area contributed by atoms with Gasteiger partial charge in [0.1, 0.15) is 5.75 Å². The Labute approximate surface area is 136 Å². The lowest BCUT2D eigenvalue weighted by Gasteiger charge is -2.26. The number of hydrogen-bond acceptors (Lipinski definition) is 1. The van der Waals surface area contributed by atoms with Gasteiger partial charge in [-0.25, -0.2) is 0 Å². The van der Waals surface area contributed by atoms with Crippen molar-refractivity contribution in [3.63, 3.8) is 0 Å². The van der Waals surface area contributed by atoms with E-state index in [-0.39, 0.29) is 5.75 Å². The molecule has 1 aromatic rings. The highest BCUT2D eigenvalue weighted by molar-refractivity contribution is 5.28. The first-order valence-electron chi connectivity index (χ1n) is 8.46. The lowest BCUT2D eigenvalue weighted by atomic mass is 9.79. The topological polar surface area (TPSA) is 9.23 Å². The minimum atomic E-state index is -4.63. The number of hydrogen-bond donors (Lipinski definition) is 0. The van der Waals surface area contributed by atoms with Crippen molar-refractivity contribution >= 4 is 0 Å². The predicted octanol–water partition coefficient (Wildman–Crippen LogP) is 6.29. The van der Waals surface area contributed by atoms with Crippen LogP contribution < -0.4 is 4.74 Å². The Kier molecular flexibility index (Phi) is 6.55. The van der Waals surface area contributed by atoms with E-state index >= 15 is 0 Å². The van der Waals surface area contributed by atoms with Gasteiger partial charge >= 0.3 is 6.36 Å². The summed E-state index contributed by atoms with van der Waals surface area (Å²) < 4.78 is 40.1. The number of halogens is 3. The van der Waals surface area contributed by atoms with Crippen LogP contribution in [0.25, 0.3) is 0 Å². The molecule has 0 heterocycles. The van der Waals surface area contributed by atoms with Crippen molar-refractivity contribution in [1.29, 1.82) is 0 Å². The van der Waals surface area contributed by atoms with Crippen LogP contribution in [0.2, 0.25) is 0 Å². The van der Waals surface area contributed by atoms with Gasteiger partial charge in [0.15, 0.2) is 0 Å². The number of rotatable bonds is 6. The van der Waals surface area contributed by atoms with Crippen molar-refractivity contribution in [2.75, 3.05) is 0 Å². The summed E-state index contributed by atoms with van der Waals surface area (Å²) >= 11 is 0. The summed E-state index contributed by atoms with van der Waals surface area (Å²) in [5.74, 6) is 1.56. The van der Waals surface area contributed by atoms with Crippen LogP contribution in [0.4, 0.5) is 13.2 Å². The van der Waals surface area contributed by atoms with Gasteiger partial charge in [0.25, 0.3) is 0 Å². The van der Waals surface area contributed by atoms with Crippen molar-refractivity contribution < 1.29 is 17.9 Å². The van der Waals surface area contributed by atoms with Gasteiger partial charge in [-0.3, -0.25) is 0 Å². The van der Waals surface area contributed by atoms with Gasteiger partial charge in [-0.1, -0.05) is 50.5 Å². The molecule has 1 aliphatic rings. The van der Waals surface area contributed by atoms with E-state index in [1.165, 1.54) is 44.2 Å². The Bertz CT molecular complexity index is 482. The predicted molar refractivity (Wildman–Crippen MR) is 86.3 cm³/mol. The van der Waals surface area contributed by atoms with Crippen molar-refractivity contribution in [3.8, 4) is 5.75 Å². The van der Waals surface area contributed by atoms with Crippen LogP contribution in [-0.2, 0) is 6.42 Å². The molecule has 0 aliphatic heterocycles. The zero-order valence-electron chi connectivity index (χ0n) is 13.6. The molecule has 0 unspecified atom stereocenters. The molecule has 0 atom stereocenters. The van der Waals surface area contributed by atoms with Gasteiger partial charge in [-0.2, -0.15) is 0 Å². The third-order valence-corrected chi connectivity index (χ3v) is 4.69. The second-order valence-electron chi connectivity index (χ2n) is 6.40. The summed E-state index contributed by atoms with van der Waals surface area (Å²) in [5, 5.41) is 0. The van der Waals surface area contributed by atoms with Crippen molar-refractivity contribution in [3.05, 3.63) is 42.0 Å². The molecule has 1 nitrogen and oxygen atoms in total. The summed E-state index contributed by atoms with van der Waals surface area (Å²) in [6.07, 6.45) is 8.24. The van der Waals surface area contributed by atoms with Crippen LogP contribution in [0.5, 0.6) is 5.75 Å². The highest BCUT2D eigenvalue weighted by atomic mass is 19.4. The molecule has 0 radical (unpaired) electrons. The molecule has 1 aliphatic carbocycles. The first-order chi connectivity index (χ1) is 11.0. The molecular weight excluding hydrogens is 301 g/mol. The Balaban J connectivity index is 1.71. The maximum Gasteiger partial charge on any atom is 0.573 e. The van der Waals surface area contributed by atoms with Gasteiger partial charge < -0.3 is 4.74 Å². The molecule has 128 valence electrons. The van der Waals surface area contributed by atoms with Crippen LogP contribution in [0.15, 0.2) is 36.4 Å². The fourth-order valence-electron chi connectivity index (χ4n) is 3.21. The lowest BCUT2D eigenvalue weighted by molar-refractivity contribution is -0.274. The summed E-state index contributed by atoms with van der Waals surface area (Å²) in [7, 11) is 0. The molecule has 4 heteroatoms.